The fraction of sp³-hybridized carbons (Fsp3) is 0.500. The molecule has 4 heteroatoms. The van der Waals surface area contributed by atoms with Crippen LogP contribution in [0.4, 0.5) is 0 Å². The number of hydrogen-bond donors (Lipinski definition) is 1. The molecule has 88 valence electrons. The molecule has 3 rings (SSSR count). The van der Waals surface area contributed by atoms with Gasteiger partial charge in [-0.1, -0.05) is 29.3 Å². The minimum absolute atomic E-state index is 0. The largest absolute Gasteiger partial charge is 0.313 e. The first-order chi connectivity index (χ1) is 7.13. The molecule has 1 saturated heterocycles. The van der Waals surface area contributed by atoms with E-state index in [2.05, 4.69) is 18.3 Å². The number of fused-ring (bicyclic) bond motifs is 1. The number of hydrogen-bond acceptors (Lipinski definition) is 1. The summed E-state index contributed by atoms with van der Waals surface area (Å²) in [6.07, 6.45) is 1.29. The third kappa shape index (κ3) is 1.65. The lowest BCUT2D eigenvalue weighted by molar-refractivity contribution is 0.578. The zero-order valence-corrected chi connectivity index (χ0v) is 11.3. The molecule has 2 fully saturated rings. The Morgan fingerprint density at radius 1 is 1.31 bits per heavy atom. The molecule has 2 unspecified atom stereocenters. The normalized spacial score (nSPS) is 35.4. The maximum Gasteiger partial charge on any atom is 0.0595 e. The minimum atomic E-state index is 0. The van der Waals surface area contributed by atoms with Crippen LogP contribution in [-0.2, 0) is 5.41 Å². The summed E-state index contributed by atoms with van der Waals surface area (Å²) >= 11 is 12.0. The molecule has 0 spiro atoms. The van der Waals surface area contributed by atoms with Crippen LogP contribution in [0, 0.1) is 5.92 Å². The Labute approximate surface area is 112 Å². The maximum atomic E-state index is 6.06. The number of halogens is 3. The van der Waals surface area contributed by atoms with Crippen LogP contribution in [0.15, 0.2) is 18.2 Å². The first-order valence-corrected chi connectivity index (χ1v) is 6.08. The van der Waals surface area contributed by atoms with Crippen molar-refractivity contribution in [2.24, 2.45) is 5.92 Å². The van der Waals surface area contributed by atoms with Gasteiger partial charge in [0.15, 0.2) is 0 Å². The standard InChI is InChI=1S/C12H13Cl2N.ClH/c1-7-9-5-12(9,6-15-7)8-2-3-10(13)11(14)4-8;/h2-4,7,9,15H,5-6H2,1H3;1H/t7?,9?,12-;/m0./s1. The van der Waals surface area contributed by atoms with Crippen LogP contribution >= 0.6 is 35.6 Å². The van der Waals surface area contributed by atoms with E-state index in [1.54, 1.807) is 0 Å². The molecule has 0 amide bonds. The Bertz CT molecular complexity index is 421. The number of piperidine rings is 1. The molecule has 2 aliphatic rings. The third-order valence-corrected chi connectivity index (χ3v) is 4.71. The van der Waals surface area contributed by atoms with Gasteiger partial charge in [-0.15, -0.1) is 12.4 Å². The van der Waals surface area contributed by atoms with E-state index < -0.39 is 0 Å². The van der Waals surface area contributed by atoms with Crippen LogP contribution < -0.4 is 5.32 Å². The van der Waals surface area contributed by atoms with Crippen molar-refractivity contribution in [1.29, 1.82) is 0 Å². The van der Waals surface area contributed by atoms with Gasteiger partial charge in [-0.05, 0) is 37.0 Å². The summed E-state index contributed by atoms with van der Waals surface area (Å²) in [4.78, 5) is 0. The van der Waals surface area contributed by atoms with Gasteiger partial charge in [0.05, 0.1) is 10.0 Å². The highest BCUT2D eigenvalue weighted by Gasteiger charge is 2.61. The highest BCUT2D eigenvalue weighted by Crippen LogP contribution is 2.59. The summed E-state index contributed by atoms with van der Waals surface area (Å²) < 4.78 is 0. The zero-order chi connectivity index (χ0) is 10.6. The molecule has 1 nitrogen and oxygen atoms in total. The van der Waals surface area contributed by atoms with Gasteiger partial charge in [0.2, 0.25) is 0 Å². The molecule has 1 aliphatic carbocycles. The van der Waals surface area contributed by atoms with Gasteiger partial charge in [-0.2, -0.15) is 0 Å². The van der Waals surface area contributed by atoms with Crippen LogP contribution in [-0.4, -0.2) is 12.6 Å². The van der Waals surface area contributed by atoms with Crippen molar-refractivity contribution >= 4 is 35.6 Å². The average molecular weight is 279 g/mol. The summed E-state index contributed by atoms with van der Waals surface area (Å²) in [5.74, 6) is 0.787. The van der Waals surface area contributed by atoms with E-state index in [1.807, 2.05) is 12.1 Å². The van der Waals surface area contributed by atoms with E-state index in [0.717, 1.165) is 12.5 Å². The molecule has 16 heavy (non-hydrogen) atoms. The van der Waals surface area contributed by atoms with E-state index >= 15 is 0 Å². The number of nitrogens with one attached hydrogen (secondary N) is 1. The molecule has 1 heterocycles. The van der Waals surface area contributed by atoms with E-state index in [-0.39, 0.29) is 12.4 Å². The predicted octanol–water partition coefficient (Wildman–Crippen LogP) is 3.66. The lowest BCUT2D eigenvalue weighted by atomic mass is 9.94. The monoisotopic (exact) mass is 277 g/mol. The van der Waals surface area contributed by atoms with E-state index in [1.165, 1.54) is 12.0 Å². The van der Waals surface area contributed by atoms with Gasteiger partial charge in [-0.25, -0.2) is 0 Å². The first-order valence-electron chi connectivity index (χ1n) is 5.32. The predicted molar refractivity (Wildman–Crippen MR) is 71.0 cm³/mol. The molecular weight excluding hydrogens is 264 g/mol. The number of rotatable bonds is 1. The molecule has 1 saturated carbocycles. The Morgan fingerprint density at radius 3 is 2.56 bits per heavy atom. The summed E-state index contributed by atoms with van der Waals surface area (Å²) in [7, 11) is 0. The van der Waals surface area contributed by atoms with Crippen LogP contribution in [0.2, 0.25) is 10.0 Å². The van der Waals surface area contributed by atoms with Gasteiger partial charge in [-0.3, -0.25) is 0 Å². The van der Waals surface area contributed by atoms with Gasteiger partial charge in [0.1, 0.15) is 0 Å². The van der Waals surface area contributed by atoms with Crippen LogP contribution in [0.1, 0.15) is 18.9 Å². The summed E-state index contributed by atoms with van der Waals surface area (Å²) in [6, 6.07) is 6.70. The number of benzene rings is 1. The van der Waals surface area contributed by atoms with Crippen molar-refractivity contribution in [1.82, 2.24) is 5.32 Å². The fourth-order valence-corrected chi connectivity index (χ4v) is 3.22. The van der Waals surface area contributed by atoms with Crippen molar-refractivity contribution in [3.8, 4) is 0 Å². The molecule has 1 aliphatic heterocycles. The van der Waals surface area contributed by atoms with Gasteiger partial charge < -0.3 is 5.32 Å². The Hall–Kier alpha value is 0.0500. The van der Waals surface area contributed by atoms with Crippen molar-refractivity contribution < 1.29 is 0 Å². The first kappa shape index (κ1) is 12.5. The lowest BCUT2D eigenvalue weighted by Gasteiger charge is -2.12. The second-order valence-corrected chi connectivity index (χ2v) is 5.58. The smallest absolute Gasteiger partial charge is 0.0595 e. The molecular formula is C12H14Cl3N. The van der Waals surface area contributed by atoms with Crippen LogP contribution in [0.25, 0.3) is 0 Å². The van der Waals surface area contributed by atoms with Crippen LogP contribution in [0.5, 0.6) is 0 Å². The van der Waals surface area contributed by atoms with E-state index in [0.29, 0.717) is 21.5 Å². The van der Waals surface area contributed by atoms with Gasteiger partial charge >= 0.3 is 0 Å². The Morgan fingerprint density at radius 2 is 2.06 bits per heavy atom. The second-order valence-electron chi connectivity index (χ2n) is 4.77. The van der Waals surface area contributed by atoms with Crippen molar-refractivity contribution in [2.75, 3.05) is 6.54 Å². The molecule has 1 aromatic rings. The average Bonchev–Trinajstić information content (AvgIpc) is 2.88. The third-order valence-electron chi connectivity index (χ3n) is 3.97. The molecule has 1 N–H and O–H groups in total. The van der Waals surface area contributed by atoms with Crippen molar-refractivity contribution in [2.45, 2.75) is 24.8 Å². The lowest BCUT2D eigenvalue weighted by Crippen LogP contribution is -2.24. The minimum Gasteiger partial charge on any atom is -0.313 e. The maximum absolute atomic E-state index is 6.06. The van der Waals surface area contributed by atoms with Gasteiger partial charge in [0.25, 0.3) is 0 Å². The molecule has 0 bridgehead atoms. The quantitative estimate of drug-likeness (QED) is 0.826. The molecule has 0 aromatic heterocycles. The second kappa shape index (κ2) is 4.06. The van der Waals surface area contributed by atoms with E-state index in [4.69, 9.17) is 23.2 Å². The molecule has 0 radical (unpaired) electrons. The highest BCUT2D eigenvalue weighted by molar-refractivity contribution is 6.42. The highest BCUT2D eigenvalue weighted by atomic mass is 35.5. The van der Waals surface area contributed by atoms with Crippen molar-refractivity contribution in [3.63, 3.8) is 0 Å². The summed E-state index contributed by atoms with van der Waals surface area (Å²) in [5.41, 5.74) is 1.70. The zero-order valence-electron chi connectivity index (χ0n) is 8.97. The topological polar surface area (TPSA) is 12.0 Å². The molecule has 1 aromatic carbocycles. The fourth-order valence-electron chi connectivity index (χ4n) is 2.92. The Kier molecular flexibility index (Phi) is 3.17. The van der Waals surface area contributed by atoms with Gasteiger partial charge in [0, 0.05) is 18.0 Å². The molecule has 3 atom stereocenters. The summed E-state index contributed by atoms with van der Waals surface area (Å²) in [5, 5.41) is 4.84. The SMILES string of the molecule is CC1NC[C@]2(c3ccc(Cl)c(Cl)c3)CC12.Cl. The van der Waals surface area contributed by atoms with E-state index in [9.17, 15) is 0 Å². The summed E-state index contributed by atoms with van der Waals surface area (Å²) in [6.45, 7) is 3.34. The van der Waals surface area contributed by atoms with Crippen LogP contribution in [0.3, 0.4) is 0 Å². The van der Waals surface area contributed by atoms with Crippen molar-refractivity contribution in [3.05, 3.63) is 33.8 Å². The Balaban J connectivity index is 0.000000963.